The molecule has 12 heteroatoms. The predicted molar refractivity (Wildman–Crippen MR) is 122 cm³/mol. The maximum atomic E-state index is 13.5. The second-order valence-electron chi connectivity index (χ2n) is 7.41. The number of hydrogen-bond donors (Lipinski definition) is 2. The normalized spacial score (nSPS) is 16.2. The molecule has 4 rings (SSSR count). The van der Waals surface area contributed by atoms with E-state index in [4.69, 9.17) is 25.8 Å². The highest BCUT2D eigenvalue weighted by molar-refractivity contribution is 7.88. The molecule has 0 aliphatic carbocycles. The van der Waals surface area contributed by atoms with Crippen LogP contribution in [0.2, 0.25) is 5.02 Å². The van der Waals surface area contributed by atoms with Crippen LogP contribution in [0.15, 0.2) is 36.7 Å². The molecule has 0 amide bonds. The van der Waals surface area contributed by atoms with Crippen LogP contribution in [0, 0.1) is 5.82 Å². The molecule has 1 aromatic heterocycles. The number of benzene rings is 2. The predicted octanol–water partition coefficient (Wildman–Crippen LogP) is 3.26. The van der Waals surface area contributed by atoms with E-state index in [9.17, 15) is 12.8 Å². The van der Waals surface area contributed by atoms with Crippen molar-refractivity contribution in [2.45, 2.75) is 12.5 Å². The second kappa shape index (κ2) is 10.0. The summed E-state index contributed by atoms with van der Waals surface area (Å²) in [5, 5.41) is 3.76. The van der Waals surface area contributed by atoms with E-state index in [1.807, 2.05) is 0 Å². The lowest BCUT2D eigenvalue weighted by Crippen LogP contribution is -2.27. The summed E-state index contributed by atoms with van der Waals surface area (Å²) in [6, 6.07) is 7.73. The van der Waals surface area contributed by atoms with Crippen LogP contribution in [0.25, 0.3) is 10.9 Å². The van der Waals surface area contributed by atoms with Crippen LogP contribution in [0.3, 0.4) is 0 Å². The molecule has 0 radical (unpaired) electrons. The van der Waals surface area contributed by atoms with Crippen molar-refractivity contribution in [1.82, 2.24) is 14.7 Å². The first-order valence-corrected chi connectivity index (χ1v) is 12.4. The van der Waals surface area contributed by atoms with Crippen LogP contribution < -0.4 is 19.5 Å². The molecule has 3 aromatic rings. The third-order valence-electron chi connectivity index (χ3n) is 4.79. The molecule has 1 aliphatic rings. The van der Waals surface area contributed by atoms with E-state index in [1.165, 1.54) is 18.5 Å². The number of aromatic nitrogens is 2. The second-order valence-corrected chi connectivity index (χ2v) is 9.65. The maximum absolute atomic E-state index is 13.5. The van der Waals surface area contributed by atoms with E-state index in [1.54, 1.807) is 18.2 Å². The number of nitrogens with one attached hydrogen (secondary N) is 2. The molecule has 1 atom stereocenters. The number of hydrogen-bond acceptors (Lipinski definition) is 8. The maximum Gasteiger partial charge on any atom is 0.208 e. The highest BCUT2D eigenvalue weighted by Gasteiger charge is 2.21. The van der Waals surface area contributed by atoms with E-state index >= 15 is 0 Å². The Balaban J connectivity index is 1.64. The van der Waals surface area contributed by atoms with Gasteiger partial charge in [0.25, 0.3) is 0 Å². The first-order valence-electron chi connectivity index (χ1n) is 10.1. The van der Waals surface area contributed by atoms with Gasteiger partial charge in [-0.15, -0.1) is 0 Å². The Morgan fingerprint density at radius 2 is 2.09 bits per heavy atom. The fourth-order valence-electron chi connectivity index (χ4n) is 3.25. The molecule has 33 heavy (non-hydrogen) atoms. The zero-order valence-corrected chi connectivity index (χ0v) is 19.2. The van der Waals surface area contributed by atoms with Crippen molar-refractivity contribution in [2.24, 2.45) is 0 Å². The van der Waals surface area contributed by atoms with Gasteiger partial charge in [0.05, 0.1) is 30.0 Å². The molecule has 2 aromatic carbocycles. The lowest BCUT2D eigenvalue weighted by Gasteiger charge is -2.18. The van der Waals surface area contributed by atoms with E-state index in [2.05, 4.69) is 20.0 Å². The number of rotatable bonds is 9. The lowest BCUT2D eigenvalue weighted by molar-refractivity contribution is 0.138. The molecule has 1 saturated heterocycles. The minimum Gasteiger partial charge on any atom is -0.488 e. The van der Waals surface area contributed by atoms with Crippen LogP contribution in [0.1, 0.15) is 6.42 Å². The molecule has 1 aliphatic heterocycles. The Hall–Kier alpha value is -2.73. The summed E-state index contributed by atoms with van der Waals surface area (Å²) in [6.45, 7) is 1.26. The van der Waals surface area contributed by atoms with Crippen LogP contribution in [-0.2, 0) is 14.8 Å². The summed E-state index contributed by atoms with van der Waals surface area (Å²) in [5.41, 5.74) is 1.13. The number of halogens is 2. The summed E-state index contributed by atoms with van der Waals surface area (Å²) in [5.74, 6) is 0.823. The van der Waals surface area contributed by atoms with Gasteiger partial charge in [-0.25, -0.2) is 27.5 Å². The van der Waals surface area contributed by atoms with Crippen molar-refractivity contribution in [1.29, 1.82) is 0 Å². The fourth-order valence-corrected chi connectivity index (χ4v) is 3.89. The minimum atomic E-state index is -3.32. The van der Waals surface area contributed by atoms with E-state index < -0.39 is 15.8 Å². The Kier molecular flexibility index (Phi) is 7.13. The smallest absolute Gasteiger partial charge is 0.208 e. The Morgan fingerprint density at radius 1 is 1.24 bits per heavy atom. The summed E-state index contributed by atoms with van der Waals surface area (Å²) in [6.07, 6.45) is 3.06. The highest BCUT2D eigenvalue weighted by atomic mass is 35.5. The number of ether oxygens (including phenoxy) is 3. The highest BCUT2D eigenvalue weighted by Crippen LogP contribution is 2.36. The van der Waals surface area contributed by atoms with Gasteiger partial charge in [-0.1, -0.05) is 11.6 Å². The van der Waals surface area contributed by atoms with Crippen molar-refractivity contribution >= 4 is 44.0 Å². The van der Waals surface area contributed by atoms with Gasteiger partial charge in [0.15, 0.2) is 11.5 Å². The molecular weight excluding hydrogens is 475 g/mol. The van der Waals surface area contributed by atoms with Gasteiger partial charge in [-0.05, 0) is 24.3 Å². The van der Waals surface area contributed by atoms with Gasteiger partial charge >= 0.3 is 0 Å². The summed E-state index contributed by atoms with van der Waals surface area (Å²) in [7, 11) is -3.32. The zero-order valence-electron chi connectivity index (χ0n) is 17.7. The average molecular weight is 497 g/mol. The Morgan fingerprint density at radius 3 is 2.82 bits per heavy atom. The lowest BCUT2D eigenvalue weighted by atomic mass is 10.2. The molecule has 2 N–H and O–H groups in total. The summed E-state index contributed by atoms with van der Waals surface area (Å²) >= 11 is 5.89. The zero-order chi connectivity index (χ0) is 23.4. The van der Waals surface area contributed by atoms with Crippen molar-refractivity contribution < 1.29 is 27.0 Å². The van der Waals surface area contributed by atoms with Gasteiger partial charge in [-0.2, -0.15) is 0 Å². The van der Waals surface area contributed by atoms with Gasteiger partial charge in [0.2, 0.25) is 10.0 Å². The molecule has 1 fully saturated rings. The Bertz CT molecular complexity index is 1250. The Labute approximate surface area is 195 Å². The van der Waals surface area contributed by atoms with Gasteiger partial charge in [-0.3, -0.25) is 0 Å². The SMILES string of the molecule is CS(=O)(=O)NCCOc1cc2ncnc(Nc3ccc(F)c(Cl)c3)c2cc1OC1CCOC1. The first kappa shape index (κ1) is 23.4. The molecule has 9 nitrogen and oxygen atoms in total. The quantitative estimate of drug-likeness (QED) is 0.434. The van der Waals surface area contributed by atoms with Crippen molar-refractivity contribution in [2.75, 3.05) is 37.9 Å². The summed E-state index contributed by atoms with van der Waals surface area (Å²) in [4.78, 5) is 8.61. The average Bonchev–Trinajstić information content (AvgIpc) is 3.27. The van der Waals surface area contributed by atoms with E-state index in [-0.39, 0.29) is 24.3 Å². The van der Waals surface area contributed by atoms with Crippen molar-refractivity contribution in [3.05, 3.63) is 47.5 Å². The van der Waals surface area contributed by atoms with E-state index in [0.717, 1.165) is 12.7 Å². The third kappa shape index (κ3) is 6.20. The molecule has 0 bridgehead atoms. The molecule has 0 spiro atoms. The largest absolute Gasteiger partial charge is 0.488 e. The van der Waals surface area contributed by atoms with Crippen molar-refractivity contribution in [3.63, 3.8) is 0 Å². The number of fused-ring (bicyclic) bond motifs is 1. The number of nitrogens with zero attached hydrogens (tertiary/aromatic N) is 2. The van der Waals surface area contributed by atoms with Crippen LogP contribution >= 0.6 is 11.6 Å². The fraction of sp³-hybridized carbons (Fsp3) is 0.333. The van der Waals surface area contributed by atoms with Gasteiger partial charge in [0.1, 0.15) is 30.7 Å². The molecular formula is C21H22ClFN4O5S. The van der Waals surface area contributed by atoms with Crippen molar-refractivity contribution in [3.8, 4) is 11.5 Å². The van der Waals surface area contributed by atoms with Gasteiger partial charge in [0, 0.05) is 30.1 Å². The van der Waals surface area contributed by atoms with Crippen LogP contribution in [0.4, 0.5) is 15.9 Å². The van der Waals surface area contributed by atoms with Crippen LogP contribution in [0.5, 0.6) is 11.5 Å². The minimum absolute atomic E-state index is 0.0120. The van der Waals surface area contributed by atoms with E-state index in [0.29, 0.717) is 47.1 Å². The first-order chi connectivity index (χ1) is 15.8. The molecule has 176 valence electrons. The molecule has 2 heterocycles. The molecule has 0 saturated carbocycles. The number of sulfonamides is 1. The molecule has 1 unspecified atom stereocenters. The third-order valence-corrected chi connectivity index (χ3v) is 5.81. The van der Waals surface area contributed by atoms with Crippen LogP contribution in [-0.4, -0.2) is 57.1 Å². The summed E-state index contributed by atoms with van der Waals surface area (Å²) < 4.78 is 55.8. The number of anilines is 2. The monoisotopic (exact) mass is 496 g/mol. The topological polar surface area (TPSA) is 112 Å². The van der Waals surface area contributed by atoms with Gasteiger partial charge < -0.3 is 19.5 Å². The standard InChI is InChI=1S/C21H22ClFN4O5S/c1-33(28,29)26-5-7-31-19-10-18-15(9-20(19)32-14-4-6-30-11-14)21(25-12-24-18)27-13-2-3-17(23)16(22)8-13/h2-3,8-10,12,14,26H,4-7,11H2,1H3,(H,24,25,27).